The van der Waals surface area contributed by atoms with Crippen LogP contribution < -0.4 is 14.9 Å². The van der Waals surface area contributed by atoms with Crippen molar-refractivity contribution in [1.82, 2.24) is 14.7 Å². The van der Waals surface area contributed by atoms with Crippen LogP contribution in [-0.2, 0) is 10.0 Å². The predicted molar refractivity (Wildman–Crippen MR) is 72.3 cm³/mol. The van der Waals surface area contributed by atoms with Gasteiger partial charge in [-0.2, -0.15) is 4.98 Å². The van der Waals surface area contributed by atoms with Gasteiger partial charge in [0.1, 0.15) is 5.82 Å². The maximum Gasteiger partial charge on any atom is 0.226 e. The van der Waals surface area contributed by atoms with Crippen LogP contribution in [0.1, 0.15) is 6.42 Å². The second kappa shape index (κ2) is 6.50. The summed E-state index contributed by atoms with van der Waals surface area (Å²) in [6, 6.07) is 1.77. The molecule has 0 aliphatic carbocycles. The van der Waals surface area contributed by atoms with Gasteiger partial charge in [0, 0.05) is 33.4 Å². The van der Waals surface area contributed by atoms with Gasteiger partial charge in [0.2, 0.25) is 16.0 Å². The molecule has 0 atom stereocenters. The second-order valence-electron chi connectivity index (χ2n) is 4.08. The molecule has 0 fully saturated rings. The van der Waals surface area contributed by atoms with E-state index in [-0.39, 0.29) is 0 Å². The lowest BCUT2D eigenvalue weighted by Gasteiger charge is -2.11. The molecule has 7 nitrogen and oxygen atoms in total. The van der Waals surface area contributed by atoms with Crippen molar-refractivity contribution in [3.8, 4) is 0 Å². The highest BCUT2D eigenvalue weighted by Gasteiger charge is 2.01. The smallest absolute Gasteiger partial charge is 0.226 e. The first-order valence-electron chi connectivity index (χ1n) is 5.57. The predicted octanol–water partition coefficient (Wildman–Crippen LogP) is -0.106. The van der Waals surface area contributed by atoms with Crippen molar-refractivity contribution in [3.05, 3.63) is 12.3 Å². The lowest BCUT2D eigenvalue weighted by molar-refractivity contribution is 0.586. The van der Waals surface area contributed by atoms with Crippen molar-refractivity contribution in [2.75, 3.05) is 43.7 Å². The fourth-order valence-electron chi connectivity index (χ4n) is 1.22. The molecule has 1 heterocycles. The number of sulfonamides is 1. The summed E-state index contributed by atoms with van der Waals surface area (Å²) in [5.74, 6) is 1.36. The van der Waals surface area contributed by atoms with Crippen LogP contribution in [0.2, 0.25) is 0 Å². The van der Waals surface area contributed by atoms with Crippen LogP contribution in [0.15, 0.2) is 12.3 Å². The first kappa shape index (κ1) is 14.7. The Balaban J connectivity index is 2.33. The number of nitrogens with zero attached hydrogens (tertiary/aromatic N) is 3. The SMILES string of the molecule is CN(C)c1nccc(NCCCNS(C)(=O)=O)n1. The fourth-order valence-corrected chi connectivity index (χ4v) is 1.74. The normalized spacial score (nSPS) is 11.3. The van der Waals surface area contributed by atoms with E-state index < -0.39 is 10.0 Å². The highest BCUT2D eigenvalue weighted by Crippen LogP contribution is 2.07. The van der Waals surface area contributed by atoms with Gasteiger partial charge in [0.05, 0.1) is 6.26 Å². The van der Waals surface area contributed by atoms with Gasteiger partial charge >= 0.3 is 0 Å². The van der Waals surface area contributed by atoms with Crippen molar-refractivity contribution >= 4 is 21.8 Å². The molecule has 2 N–H and O–H groups in total. The van der Waals surface area contributed by atoms with Crippen LogP contribution in [0.4, 0.5) is 11.8 Å². The van der Waals surface area contributed by atoms with Crippen molar-refractivity contribution in [2.45, 2.75) is 6.42 Å². The second-order valence-corrected chi connectivity index (χ2v) is 5.92. The van der Waals surface area contributed by atoms with Crippen molar-refractivity contribution in [3.63, 3.8) is 0 Å². The summed E-state index contributed by atoms with van der Waals surface area (Å²) >= 11 is 0. The molecule has 18 heavy (non-hydrogen) atoms. The molecule has 102 valence electrons. The zero-order valence-electron chi connectivity index (χ0n) is 10.8. The van der Waals surface area contributed by atoms with E-state index in [0.29, 0.717) is 25.5 Å². The van der Waals surface area contributed by atoms with E-state index in [1.54, 1.807) is 12.3 Å². The van der Waals surface area contributed by atoms with Gasteiger partial charge in [0.25, 0.3) is 0 Å². The zero-order valence-corrected chi connectivity index (χ0v) is 11.7. The number of nitrogens with one attached hydrogen (secondary N) is 2. The monoisotopic (exact) mass is 273 g/mol. The Hall–Kier alpha value is -1.41. The Labute approximate surface area is 108 Å². The Morgan fingerprint density at radius 3 is 2.67 bits per heavy atom. The maximum atomic E-state index is 10.8. The summed E-state index contributed by atoms with van der Waals surface area (Å²) in [6.07, 6.45) is 3.52. The Morgan fingerprint density at radius 1 is 1.33 bits per heavy atom. The molecule has 8 heteroatoms. The van der Waals surface area contributed by atoms with Gasteiger partial charge in [-0.15, -0.1) is 0 Å². The zero-order chi connectivity index (χ0) is 13.6. The average Bonchev–Trinajstić information content (AvgIpc) is 2.27. The quantitative estimate of drug-likeness (QED) is 0.674. The van der Waals surface area contributed by atoms with Crippen LogP contribution in [-0.4, -0.2) is 51.8 Å². The van der Waals surface area contributed by atoms with Crippen molar-refractivity contribution < 1.29 is 8.42 Å². The average molecular weight is 273 g/mol. The highest BCUT2D eigenvalue weighted by atomic mass is 32.2. The minimum Gasteiger partial charge on any atom is -0.370 e. The van der Waals surface area contributed by atoms with E-state index in [9.17, 15) is 8.42 Å². The lowest BCUT2D eigenvalue weighted by Crippen LogP contribution is -2.24. The molecule has 0 aliphatic rings. The van der Waals surface area contributed by atoms with Crippen LogP contribution in [0, 0.1) is 0 Å². The van der Waals surface area contributed by atoms with Crippen LogP contribution in [0.5, 0.6) is 0 Å². The van der Waals surface area contributed by atoms with E-state index in [1.165, 1.54) is 0 Å². The summed E-state index contributed by atoms with van der Waals surface area (Å²) in [6.45, 7) is 1.06. The molecular weight excluding hydrogens is 254 g/mol. The Kier molecular flexibility index (Phi) is 5.29. The third kappa shape index (κ3) is 5.78. The molecule has 1 aromatic heterocycles. The molecule has 0 saturated carbocycles. The Morgan fingerprint density at radius 2 is 2.06 bits per heavy atom. The summed E-state index contributed by atoms with van der Waals surface area (Å²) in [5.41, 5.74) is 0. The fraction of sp³-hybridized carbons (Fsp3) is 0.600. The molecule has 0 amide bonds. The third-order valence-corrected chi connectivity index (χ3v) is 2.80. The molecule has 1 aromatic rings. The number of hydrogen-bond donors (Lipinski definition) is 2. The molecular formula is C10H19N5O2S. The van der Waals surface area contributed by atoms with Crippen LogP contribution in [0.3, 0.4) is 0 Å². The van der Waals surface area contributed by atoms with E-state index >= 15 is 0 Å². The van der Waals surface area contributed by atoms with E-state index in [2.05, 4.69) is 20.0 Å². The first-order chi connectivity index (χ1) is 8.38. The van der Waals surface area contributed by atoms with Gasteiger partial charge < -0.3 is 10.2 Å². The van der Waals surface area contributed by atoms with Gasteiger partial charge in [-0.1, -0.05) is 0 Å². The number of rotatable bonds is 7. The van der Waals surface area contributed by atoms with Crippen molar-refractivity contribution in [2.24, 2.45) is 0 Å². The maximum absolute atomic E-state index is 10.8. The van der Waals surface area contributed by atoms with Gasteiger partial charge in [-0.05, 0) is 12.5 Å². The van der Waals surface area contributed by atoms with Crippen molar-refractivity contribution in [1.29, 1.82) is 0 Å². The summed E-state index contributed by atoms with van der Waals surface area (Å²) in [5, 5.41) is 3.11. The minimum atomic E-state index is -3.10. The van der Waals surface area contributed by atoms with E-state index in [4.69, 9.17) is 0 Å². The van der Waals surface area contributed by atoms with Crippen LogP contribution >= 0.6 is 0 Å². The van der Waals surface area contributed by atoms with Crippen LogP contribution in [0.25, 0.3) is 0 Å². The summed E-state index contributed by atoms with van der Waals surface area (Å²) in [7, 11) is 0.643. The molecule has 0 spiro atoms. The molecule has 0 aliphatic heterocycles. The molecule has 0 aromatic carbocycles. The number of anilines is 2. The summed E-state index contributed by atoms with van der Waals surface area (Å²) < 4.78 is 24.1. The minimum absolute atomic E-state index is 0.414. The van der Waals surface area contributed by atoms with E-state index in [0.717, 1.165) is 12.1 Å². The van der Waals surface area contributed by atoms with Gasteiger partial charge in [-0.3, -0.25) is 0 Å². The molecule has 0 saturated heterocycles. The topological polar surface area (TPSA) is 87.2 Å². The molecule has 0 radical (unpaired) electrons. The standard InChI is InChI=1S/C10H19N5O2S/c1-15(2)10-12-8-5-9(14-10)11-6-4-7-13-18(3,16)17/h5,8,13H,4,6-7H2,1-3H3,(H,11,12,14). The molecule has 0 unspecified atom stereocenters. The summed E-state index contributed by atoms with van der Waals surface area (Å²) in [4.78, 5) is 10.2. The highest BCUT2D eigenvalue weighted by molar-refractivity contribution is 7.88. The number of hydrogen-bond acceptors (Lipinski definition) is 6. The van der Waals surface area contributed by atoms with E-state index in [1.807, 2.05) is 19.0 Å². The largest absolute Gasteiger partial charge is 0.370 e. The van der Waals surface area contributed by atoms with Gasteiger partial charge in [-0.25, -0.2) is 18.1 Å². The van der Waals surface area contributed by atoms with Gasteiger partial charge in [0.15, 0.2) is 0 Å². The molecule has 1 rings (SSSR count). The lowest BCUT2D eigenvalue weighted by atomic mass is 10.4. The first-order valence-corrected chi connectivity index (χ1v) is 7.46. The molecule has 0 bridgehead atoms. The Bertz CT molecular complexity index is 475. The number of aromatic nitrogens is 2. The third-order valence-electron chi connectivity index (χ3n) is 2.07.